The summed E-state index contributed by atoms with van der Waals surface area (Å²) in [5.74, 6) is 0. The number of anilines is 1. The molecule has 0 spiro atoms. The molecule has 0 atom stereocenters. The lowest BCUT2D eigenvalue weighted by molar-refractivity contribution is 1.78. The van der Waals surface area contributed by atoms with Gasteiger partial charge in [-0.15, -0.1) is 0 Å². The van der Waals surface area contributed by atoms with Gasteiger partial charge >= 0.3 is 0 Å². The third-order valence-corrected chi connectivity index (χ3v) is 6.27. The zero-order valence-electron chi connectivity index (χ0n) is 14.6. The molecule has 0 aliphatic rings. The Bertz CT molecular complexity index is 1670. The van der Waals surface area contributed by atoms with Gasteiger partial charge in [-0.1, -0.05) is 72.8 Å². The van der Waals surface area contributed by atoms with Crippen LogP contribution in [0, 0.1) is 0 Å². The Labute approximate surface area is 155 Å². The first kappa shape index (κ1) is 13.6. The molecule has 0 aromatic heterocycles. The minimum Gasteiger partial charge on any atom is -0.398 e. The number of hydrogen-bond acceptors (Lipinski definition) is 1. The van der Waals surface area contributed by atoms with Crippen molar-refractivity contribution in [2.24, 2.45) is 0 Å². The normalized spacial score (nSPS) is 12.6. The van der Waals surface area contributed by atoms with Gasteiger partial charge in [-0.3, -0.25) is 0 Å². The van der Waals surface area contributed by atoms with Crippen molar-refractivity contribution in [1.29, 1.82) is 0 Å². The lowest BCUT2D eigenvalue weighted by Crippen LogP contribution is -1.95. The quantitative estimate of drug-likeness (QED) is 0.178. The molecule has 0 aliphatic heterocycles. The molecule has 0 aliphatic carbocycles. The predicted molar refractivity (Wildman–Crippen MR) is 118 cm³/mol. The van der Waals surface area contributed by atoms with E-state index in [0.717, 1.165) is 5.69 Å². The SMILES string of the molecule is Nc1cc2ccc3cccc4c5cccc6c7ccccc7c1c(c65)c2c34. The first-order valence-electron chi connectivity index (χ1n) is 9.34. The molecule has 2 N–H and O–H groups in total. The van der Waals surface area contributed by atoms with Crippen LogP contribution in [0.2, 0.25) is 0 Å². The first-order chi connectivity index (χ1) is 13.3. The van der Waals surface area contributed by atoms with Gasteiger partial charge in [0.1, 0.15) is 0 Å². The van der Waals surface area contributed by atoms with Gasteiger partial charge < -0.3 is 5.73 Å². The highest BCUT2D eigenvalue weighted by Gasteiger charge is 2.20. The third-order valence-electron chi connectivity index (χ3n) is 6.27. The van der Waals surface area contributed by atoms with E-state index < -0.39 is 0 Å². The van der Waals surface area contributed by atoms with Crippen molar-refractivity contribution in [3.05, 3.63) is 78.9 Å². The van der Waals surface area contributed by atoms with Crippen LogP contribution < -0.4 is 5.73 Å². The van der Waals surface area contributed by atoms with E-state index >= 15 is 0 Å². The zero-order valence-corrected chi connectivity index (χ0v) is 14.6. The summed E-state index contributed by atoms with van der Waals surface area (Å²) in [5.41, 5.74) is 7.50. The van der Waals surface area contributed by atoms with E-state index in [-0.39, 0.29) is 0 Å². The van der Waals surface area contributed by atoms with E-state index in [9.17, 15) is 0 Å². The molecular weight excluding hydrogens is 326 g/mol. The van der Waals surface area contributed by atoms with E-state index in [4.69, 9.17) is 5.73 Å². The summed E-state index contributed by atoms with van der Waals surface area (Å²) in [5, 5.41) is 15.6. The molecule has 0 bridgehead atoms. The lowest BCUT2D eigenvalue weighted by atomic mass is 9.83. The highest BCUT2D eigenvalue weighted by Crippen LogP contribution is 2.49. The fraction of sp³-hybridized carbons (Fsp3) is 0. The maximum absolute atomic E-state index is 6.64. The zero-order chi connectivity index (χ0) is 17.7. The van der Waals surface area contributed by atoms with Gasteiger partial charge in [-0.2, -0.15) is 0 Å². The average Bonchev–Trinajstić information content (AvgIpc) is 2.72. The average molecular weight is 341 g/mol. The summed E-state index contributed by atoms with van der Waals surface area (Å²) in [4.78, 5) is 0. The molecule has 0 fully saturated rings. The topological polar surface area (TPSA) is 26.0 Å². The van der Waals surface area contributed by atoms with Gasteiger partial charge in [-0.05, 0) is 59.9 Å². The fourth-order valence-electron chi connectivity index (χ4n) is 5.27. The standard InChI is InChI=1S/C26H15N/c27-21-13-15-12-11-14-5-3-8-19-20-10-4-9-17-16-6-1-2-7-18(16)25(21)26(24(17)20)23(15)22(14)19/h1-13H,27H2. The predicted octanol–water partition coefficient (Wildman–Crippen LogP) is 7.06. The Balaban J connectivity index is 2.06. The summed E-state index contributed by atoms with van der Waals surface area (Å²) in [6, 6.07) is 28.6. The van der Waals surface area contributed by atoms with Crippen LogP contribution in [0.4, 0.5) is 5.69 Å². The Kier molecular flexibility index (Phi) is 2.21. The second kappa shape index (κ2) is 4.39. The lowest BCUT2D eigenvalue weighted by Gasteiger charge is -2.20. The number of nitrogens with two attached hydrogens (primary N) is 1. The Morgan fingerprint density at radius 3 is 1.85 bits per heavy atom. The maximum atomic E-state index is 6.64. The van der Waals surface area contributed by atoms with Crippen molar-refractivity contribution in [3.8, 4) is 0 Å². The summed E-state index contributed by atoms with van der Waals surface area (Å²) < 4.78 is 0. The number of fused-ring (bicyclic) bond motifs is 4. The van der Waals surface area contributed by atoms with Crippen molar-refractivity contribution >= 4 is 70.3 Å². The van der Waals surface area contributed by atoms with Gasteiger partial charge in [0, 0.05) is 16.5 Å². The summed E-state index contributed by atoms with van der Waals surface area (Å²) in [6.07, 6.45) is 0. The van der Waals surface area contributed by atoms with Crippen LogP contribution in [0.5, 0.6) is 0 Å². The van der Waals surface area contributed by atoms with E-state index in [2.05, 4.69) is 78.9 Å². The molecule has 7 aromatic carbocycles. The molecule has 1 nitrogen and oxygen atoms in total. The van der Waals surface area contributed by atoms with E-state index in [1.165, 1.54) is 64.6 Å². The second-order valence-corrected chi connectivity index (χ2v) is 7.56. The smallest absolute Gasteiger partial charge is 0.0406 e. The van der Waals surface area contributed by atoms with Gasteiger partial charge in [0.25, 0.3) is 0 Å². The fourth-order valence-corrected chi connectivity index (χ4v) is 5.27. The molecule has 0 saturated carbocycles. The van der Waals surface area contributed by atoms with Crippen LogP contribution in [0.25, 0.3) is 64.6 Å². The highest BCUT2D eigenvalue weighted by atomic mass is 14.6. The minimum atomic E-state index is 0.865. The van der Waals surface area contributed by atoms with Crippen molar-refractivity contribution in [2.75, 3.05) is 5.73 Å². The van der Waals surface area contributed by atoms with Crippen LogP contribution in [0.15, 0.2) is 78.9 Å². The molecule has 0 unspecified atom stereocenters. The summed E-state index contributed by atoms with van der Waals surface area (Å²) >= 11 is 0. The molecular formula is C26H15N. The van der Waals surface area contributed by atoms with Gasteiger partial charge in [-0.25, -0.2) is 0 Å². The van der Waals surface area contributed by atoms with Crippen molar-refractivity contribution in [1.82, 2.24) is 0 Å². The number of nitrogen functional groups attached to an aromatic ring is 1. The van der Waals surface area contributed by atoms with E-state index in [0.29, 0.717) is 0 Å². The maximum Gasteiger partial charge on any atom is 0.0406 e. The van der Waals surface area contributed by atoms with Crippen molar-refractivity contribution < 1.29 is 0 Å². The Morgan fingerprint density at radius 1 is 0.407 bits per heavy atom. The molecule has 7 aromatic rings. The van der Waals surface area contributed by atoms with Crippen LogP contribution in [-0.4, -0.2) is 0 Å². The van der Waals surface area contributed by atoms with E-state index in [1.54, 1.807) is 0 Å². The second-order valence-electron chi connectivity index (χ2n) is 7.56. The van der Waals surface area contributed by atoms with Crippen molar-refractivity contribution in [2.45, 2.75) is 0 Å². The van der Waals surface area contributed by atoms with E-state index in [1.807, 2.05) is 0 Å². The Hall–Kier alpha value is -3.58. The molecule has 7 rings (SSSR count). The largest absolute Gasteiger partial charge is 0.398 e. The molecule has 0 saturated heterocycles. The van der Waals surface area contributed by atoms with Crippen LogP contribution in [-0.2, 0) is 0 Å². The molecule has 0 heterocycles. The summed E-state index contributed by atoms with van der Waals surface area (Å²) in [7, 11) is 0. The summed E-state index contributed by atoms with van der Waals surface area (Å²) in [6.45, 7) is 0. The van der Waals surface area contributed by atoms with Gasteiger partial charge in [0.2, 0.25) is 0 Å². The van der Waals surface area contributed by atoms with Gasteiger partial charge in [0.05, 0.1) is 0 Å². The molecule has 0 amide bonds. The number of hydrogen-bond donors (Lipinski definition) is 1. The first-order valence-corrected chi connectivity index (χ1v) is 9.34. The Morgan fingerprint density at radius 2 is 1.00 bits per heavy atom. The monoisotopic (exact) mass is 341 g/mol. The third kappa shape index (κ3) is 1.45. The minimum absolute atomic E-state index is 0.865. The van der Waals surface area contributed by atoms with Crippen LogP contribution in [0.3, 0.4) is 0 Å². The van der Waals surface area contributed by atoms with Crippen LogP contribution in [0.1, 0.15) is 0 Å². The number of rotatable bonds is 0. The number of benzene rings is 7. The molecule has 1 heteroatoms. The molecule has 124 valence electrons. The molecule has 27 heavy (non-hydrogen) atoms. The van der Waals surface area contributed by atoms with Gasteiger partial charge in [0.15, 0.2) is 0 Å². The highest BCUT2D eigenvalue weighted by molar-refractivity contribution is 6.45. The van der Waals surface area contributed by atoms with Crippen molar-refractivity contribution in [3.63, 3.8) is 0 Å². The molecule has 0 radical (unpaired) electrons. The van der Waals surface area contributed by atoms with Crippen LogP contribution >= 0.6 is 0 Å².